The largest absolute Gasteiger partial charge is 0.457 e. The summed E-state index contributed by atoms with van der Waals surface area (Å²) in [7, 11) is -2.13. The molecule has 0 spiro atoms. The molecule has 2 N–H and O–H groups in total. The monoisotopic (exact) mass is 532 g/mol. The molecule has 0 aliphatic rings. The van der Waals surface area contributed by atoms with Crippen molar-refractivity contribution in [3.8, 4) is 22.8 Å². The molecule has 0 fully saturated rings. The van der Waals surface area contributed by atoms with Crippen LogP contribution in [0.5, 0.6) is 11.5 Å². The Hall–Kier alpha value is -4.41. The number of pyridine rings is 1. The van der Waals surface area contributed by atoms with Gasteiger partial charge >= 0.3 is 0 Å². The number of ether oxygens (including phenoxy) is 1. The second-order valence-corrected chi connectivity index (χ2v) is 9.87. The number of benzene rings is 3. The van der Waals surface area contributed by atoms with Crippen molar-refractivity contribution in [2.45, 2.75) is 4.90 Å². The quantitative estimate of drug-likeness (QED) is 0.232. The van der Waals surface area contributed by atoms with E-state index in [0.29, 0.717) is 22.8 Å². The van der Waals surface area contributed by atoms with Crippen molar-refractivity contribution in [3.05, 3.63) is 108 Å². The van der Waals surface area contributed by atoms with Crippen molar-refractivity contribution in [1.82, 2.24) is 15.0 Å². The van der Waals surface area contributed by atoms with Crippen LogP contribution in [0.4, 0.5) is 4.39 Å². The highest BCUT2D eigenvalue weighted by Gasteiger charge is 2.14. The average molecular weight is 533 g/mol. The Morgan fingerprint density at radius 2 is 1.63 bits per heavy atom. The summed E-state index contributed by atoms with van der Waals surface area (Å²) >= 11 is 0. The normalized spacial score (nSPS) is 11.4. The van der Waals surface area contributed by atoms with Gasteiger partial charge < -0.3 is 10.1 Å². The molecule has 8 nitrogen and oxygen atoms in total. The van der Waals surface area contributed by atoms with E-state index in [0.717, 1.165) is 5.56 Å². The fourth-order valence-corrected chi connectivity index (χ4v) is 4.59. The lowest BCUT2D eigenvalue weighted by Crippen LogP contribution is -2.35. The van der Waals surface area contributed by atoms with Crippen LogP contribution in [0.1, 0.15) is 16.1 Å². The summed E-state index contributed by atoms with van der Waals surface area (Å²) in [6.45, 7) is 0.0882. The van der Waals surface area contributed by atoms with Crippen molar-refractivity contribution in [2.75, 3.05) is 20.1 Å². The third kappa shape index (κ3) is 7.09. The zero-order chi connectivity index (χ0) is 27.0. The highest BCUT2D eigenvalue weighted by molar-refractivity contribution is 7.89. The molecule has 38 heavy (non-hydrogen) atoms. The number of hydrogen-bond donors (Lipinski definition) is 2. The Labute approximate surface area is 220 Å². The molecule has 10 heteroatoms. The summed E-state index contributed by atoms with van der Waals surface area (Å²) < 4.78 is 46.3. The number of carbonyl (C=O) groups is 1. The zero-order valence-electron chi connectivity index (χ0n) is 20.5. The first-order valence-electron chi connectivity index (χ1n) is 11.6. The van der Waals surface area contributed by atoms with Crippen LogP contribution in [0.15, 0.2) is 101 Å². The zero-order valence-corrected chi connectivity index (χ0v) is 21.3. The van der Waals surface area contributed by atoms with Gasteiger partial charge in [0.05, 0.1) is 10.6 Å². The van der Waals surface area contributed by atoms with E-state index in [1.54, 1.807) is 67.9 Å². The van der Waals surface area contributed by atoms with Crippen LogP contribution >= 0.6 is 0 Å². The first kappa shape index (κ1) is 26.6. The van der Waals surface area contributed by atoms with Crippen LogP contribution in [-0.2, 0) is 10.0 Å². The minimum absolute atomic E-state index is 0.00930. The van der Waals surface area contributed by atoms with Gasteiger partial charge in [0.1, 0.15) is 23.0 Å². The van der Waals surface area contributed by atoms with Crippen molar-refractivity contribution in [2.24, 2.45) is 4.99 Å². The van der Waals surface area contributed by atoms with Crippen LogP contribution in [-0.4, -0.2) is 45.7 Å². The van der Waals surface area contributed by atoms with E-state index in [1.165, 1.54) is 36.4 Å². The first-order chi connectivity index (χ1) is 18.3. The molecule has 0 unspecified atom stereocenters. The lowest BCUT2D eigenvalue weighted by molar-refractivity contribution is 0.0949. The van der Waals surface area contributed by atoms with Crippen LogP contribution < -0.4 is 14.8 Å². The van der Waals surface area contributed by atoms with Gasteiger partial charge in [-0.2, -0.15) is 0 Å². The third-order valence-electron chi connectivity index (χ3n) is 5.33. The van der Waals surface area contributed by atoms with E-state index in [4.69, 9.17) is 4.74 Å². The maximum atomic E-state index is 13.1. The summed E-state index contributed by atoms with van der Waals surface area (Å²) in [5, 5.41) is 2.68. The molecule has 3 aromatic carbocycles. The van der Waals surface area contributed by atoms with Crippen molar-refractivity contribution in [1.29, 1.82) is 0 Å². The number of halogens is 1. The topological polar surface area (TPSA) is 110 Å². The molecular formula is C28H25FN4O4S. The third-order valence-corrected chi connectivity index (χ3v) is 6.79. The standard InChI is InChI=1S/C28H25FN4O4S/c1-30-19-20-4-2-5-25(18-20)38(35,36)32-17-16-31-28(34)27-7-3-6-26(33-27)21-8-12-23(13-9-21)37-24-14-10-22(29)11-15-24/h2-15,18-19,32H,16-17H2,1H3,(H,31,34)/b30-19+. The molecule has 1 amide bonds. The van der Waals surface area contributed by atoms with Crippen LogP contribution in [0.3, 0.4) is 0 Å². The number of aromatic nitrogens is 1. The van der Waals surface area contributed by atoms with Gasteiger partial charge in [-0.05, 0) is 78.4 Å². The molecular weight excluding hydrogens is 507 g/mol. The summed E-state index contributed by atoms with van der Waals surface area (Å²) in [4.78, 5) is 21.0. The van der Waals surface area contributed by atoms with E-state index in [1.807, 2.05) is 0 Å². The number of rotatable bonds is 10. The number of nitrogens with one attached hydrogen (secondary N) is 2. The van der Waals surface area contributed by atoms with Gasteiger partial charge in [0.25, 0.3) is 5.91 Å². The van der Waals surface area contributed by atoms with Crippen molar-refractivity contribution in [3.63, 3.8) is 0 Å². The molecule has 0 bridgehead atoms. The molecule has 0 saturated carbocycles. The Bertz CT molecular complexity index is 1540. The van der Waals surface area contributed by atoms with Crippen LogP contribution in [0.2, 0.25) is 0 Å². The van der Waals surface area contributed by atoms with Gasteiger partial charge in [-0.25, -0.2) is 22.5 Å². The Morgan fingerprint density at radius 3 is 2.34 bits per heavy atom. The number of hydrogen-bond acceptors (Lipinski definition) is 6. The van der Waals surface area contributed by atoms with Gasteiger partial charge in [0, 0.05) is 31.9 Å². The van der Waals surface area contributed by atoms with E-state index in [-0.39, 0.29) is 29.5 Å². The van der Waals surface area contributed by atoms with Gasteiger partial charge in [-0.15, -0.1) is 0 Å². The van der Waals surface area contributed by atoms with Crippen LogP contribution in [0.25, 0.3) is 11.3 Å². The van der Waals surface area contributed by atoms with Gasteiger partial charge in [0.2, 0.25) is 10.0 Å². The second-order valence-electron chi connectivity index (χ2n) is 8.10. The van der Waals surface area contributed by atoms with E-state index >= 15 is 0 Å². The highest BCUT2D eigenvalue weighted by atomic mass is 32.2. The van der Waals surface area contributed by atoms with Crippen molar-refractivity contribution >= 4 is 22.1 Å². The molecule has 0 saturated heterocycles. The molecule has 1 heterocycles. The lowest BCUT2D eigenvalue weighted by Gasteiger charge is -2.09. The number of sulfonamides is 1. The summed E-state index contributed by atoms with van der Waals surface area (Å²) in [6.07, 6.45) is 1.57. The molecule has 0 radical (unpaired) electrons. The summed E-state index contributed by atoms with van der Waals surface area (Å²) in [6, 6.07) is 24.3. The number of nitrogens with zero attached hydrogens (tertiary/aromatic N) is 2. The van der Waals surface area contributed by atoms with Gasteiger partial charge in [-0.3, -0.25) is 9.79 Å². The molecule has 1 aromatic heterocycles. The Balaban J connectivity index is 1.32. The number of aliphatic imine (C=N–C) groups is 1. The first-order valence-corrected chi connectivity index (χ1v) is 13.1. The second kappa shape index (κ2) is 12.2. The predicted octanol–water partition coefficient (Wildman–Crippen LogP) is 4.44. The van der Waals surface area contributed by atoms with E-state index in [2.05, 4.69) is 20.0 Å². The SMILES string of the molecule is C/N=C/c1cccc(S(=O)(=O)NCCNC(=O)c2cccc(-c3ccc(Oc4ccc(F)cc4)cc3)n2)c1. The summed E-state index contributed by atoms with van der Waals surface area (Å²) in [5.41, 5.74) is 2.23. The summed E-state index contributed by atoms with van der Waals surface area (Å²) in [5.74, 6) is 0.316. The molecule has 194 valence electrons. The maximum Gasteiger partial charge on any atom is 0.269 e. The lowest BCUT2D eigenvalue weighted by atomic mass is 10.1. The number of amides is 1. The van der Waals surface area contributed by atoms with E-state index in [9.17, 15) is 17.6 Å². The van der Waals surface area contributed by atoms with Crippen LogP contribution in [0, 0.1) is 5.82 Å². The van der Waals surface area contributed by atoms with Gasteiger partial charge in [0.15, 0.2) is 0 Å². The minimum Gasteiger partial charge on any atom is -0.457 e. The average Bonchev–Trinajstić information content (AvgIpc) is 2.93. The predicted molar refractivity (Wildman–Crippen MR) is 144 cm³/mol. The maximum absolute atomic E-state index is 13.1. The Kier molecular flexibility index (Phi) is 8.57. The van der Waals surface area contributed by atoms with Gasteiger partial charge in [-0.1, -0.05) is 18.2 Å². The molecule has 0 aliphatic heterocycles. The van der Waals surface area contributed by atoms with E-state index < -0.39 is 15.9 Å². The number of carbonyl (C=O) groups excluding carboxylic acids is 1. The molecule has 4 rings (SSSR count). The fourth-order valence-electron chi connectivity index (χ4n) is 3.50. The molecule has 0 atom stereocenters. The molecule has 0 aliphatic carbocycles. The Morgan fingerprint density at radius 1 is 0.947 bits per heavy atom. The fraction of sp³-hybridized carbons (Fsp3) is 0.107. The molecule has 4 aromatic rings. The highest BCUT2D eigenvalue weighted by Crippen LogP contribution is 2.25. The minimum atomic E-state index is -3.74. The smallest absolute Gasteiger partial charge is 0.269 e. The van der Waals surface area contributed by atoms with Crippen molar-refractivity contribution < 1.29 is 22.3 Å².